The summed E-state index contributed by atoms with van der Waals surface area (Å²) < 4.78 is 19.4. The third kappa shape index (κ3) is 3.15. The second-order valence-corrected chi connectivity index (χ2v) is 6.03. The topological polar surface area (TPSA) is 51.0 Å². The van der Waals surface area contributed by atoms with Crippen molar-refractivity contribution in [3.8, 4) is 5.75 Å². The highest BCUT2D eigenvalue weighted by atomic mass is 19.1. The Morgan fingerprint density at radius 1 is 1.21 bits per heavy atom. The summed E-state index contributed by atoms with van der Waals surface area (Å²) in [4.78, 5) is 3.41. The van der Waals surface area contributed by atoms with E-state index in [2.05, 4.69) is 24.0 Å². The predicted molar refractivity (Wildman–Crippen MR) is 96.1 cm³/mol. The standard InChI is InChI=1S/C20H23FN2O/c1-3-24-20-9-8-14(11-18(20)21)15(12-22)10-17-13(2)23-19-7-5-4-6-16(17)19/h4-9,11,15,23H,3,10,12,22H2,1-2H3. The van der Waals surface area contributed by atoms with Crippen LogP contribution in [0.15, 0.2) is 42.5 Å². The molecule has 126 valence electrons. The van der Waals surface area contributed by atoms with Gasteiger partial charge in [-0.05, 0) is 56.1 Å². The molecule has 0 saturated carbocycles. The van der Waals surface area contributed by atoms with Crippen molar-refractivity contribution in [1.29, 1.82) is 0 Å². The van der Waals surface area contributed by atoms with Crippen LogP contribution in [0.5, 0.6) is 5.75 Å². The molecule has 3 aromatic rings. The summed E-state index contributed by atoms with van der Waals surface area (Å²) in [7, 11) is 0. The van der Waals surface area contributed by atoms with Crippen LogP contribution >= 0.6 is 0 Å². The van der Waals surface area contributed by atoms with Gasteiger partial charge >= 0.3 is 0 Å². The van der Waals surface area contributed by atoms with E-state index in [0.717, 1.165) is 23.2 Å². The molecule has 0 bridgehead atoms. The maximum Gasteiger partial charge on any atom is 0.165 e. The summed E-state index contributed by atoms with van der Waals surface area (Å²) >= 11 is 0. The Morgan fingerprint density at radius 3 is 2.71 bits per heavy atom. The smallest absolute Gasteiger partial charge is 0.165 e. The van der Waals surface area contributed by atoms with E-state index < -0.39 is 0 Å². The van der Waals surface area contributed by atoms with Crippen molar-refractivity contribution < 1.29 is 9.13 Å². The number of nitrogens with one attached hydrogen (secondary N) is 1. The molecular weight excluding hydrogens is 303 g/mol. The quantitative estimate of drug-likeness (QED) is 0.709. The molecule has 1 unspecified atom stereocenters. The highest BCUT2D eigenvalue weighted by Gasteiger charge is 2.17. The number of para-hydroxylation sites is 1. The van der Waals surface area contributed by atoms with Gasteiger partial charge < -0.3 is 15.5 Å². The maximum absolute atomic E-state index is 14.2. The van der Waals surface area contributed by atoms with E-state index in [0.29, 0.717) is 18.9 Å². The lowest BCUT2D eigenvalue weighted by Gasteiger charge is -2.17. The van der Waals surface area contributed by atoms with E-state index in [4.69, 9.17) is 10.5 Å². The molecule has 3 rings (SSSR count). The molecule has 0 amide bonds. The summed E-state index contributed by atoms with van der Waals surface area (Å²) in [6.45, 7) is 4.83. The van der Waals surface area contributed by atoms with Crippen molar-refractivity contribution in [3.05, 3.63) is 65.1 Å². The Balaban J connectivity index is 1.92. The fourth-order valence-corrected chi connectivity index (χ4v) is 3.23. The minimum atomic E-state index is -0.330. The van der Waals surface area contributed by atoms with Crippen LogP contribution < -0.4 is 10.5 Å². The third-order valence-corrected chi connectivity index (χ3v) is 4.49. The first-order chi connectivity index (χ1) is 11.6. The zero-order valence-corrected chi connectivity index (χ0v) is 14.1. The average Bonchev–Trinajstić information content (AvgIpc) is 2.90. The number of hydrogen-bond donors (Lipinski definition) is 2. The van der Waals surface area contributed by atoms with Gasteiger partial charge in [0.2, 0.25) is 0 Å². The number of H-pyrrole nitrogens is 1. The van der Waals surface area contributed by atoms with Gasteiger partial charge in [-0.1, -0.05) is 24.3 Å². The molecular formula is C20H23FN2O. The zero-order chi connectivity index (χ0) is 17.1. The average molecular weight is 326 g/mol. The first-order valence-electron chi connectivity index (χ1n) is 8.32. The van der Waals surface area contributed by atoms with Crippen LogP contribution in [0.4, 0.5) is 4.39 Å². The van der Waals surface area contributed by atoms with Crippen molar-refractivity contribution in [2.75, 3.05) is 13.2 Å². The molecule has 0 saturated heterocycles. The van der Waals surface area contributed by atoms with E-state index in [1.807, 2.05) is 25.1 Å². The highest BCUT2D eigenvalue weighted by molar-refractivity contribution is 5.84. The van der Waals surface area contributed by atoms with Gasteiger partial charge in [0.15, 0.2) is 11.6 Å². The summed E-state index contributed by atoms with van der Waals surface area (Å²) in [5.74, 6) is 0.0248. The molecule has 2 aromatic carbocycles. The molecule has 3 nitrogen and oxygen atoms in total. The number of halogens is 1. The molecule has 0 aliphatic heterocycles. The number of nitrogens with two attached hydrogens (primary N) is 1. The molecule has 4 heteroatoms. The normalized spacial score (nSPS) is 12.5. The van der Waals surface area contributed by atoms with Crippen LogP contribution in [0.25, 0.3) is 10.9 Å². The second kappa shape index (κ2) is 7.05. The van der Waals surface area contributed by atoms with Gasteiger partial charge in [0.05, 0.1) is 6.61 Å². The number of aromatic amines is 1. The van der Waals surface area contributed by atoms with Crippen molar-refractivity contribution in [1.82, 2.24) is 4.98 Å². The van der Waals surface area contributed by atoms with E-state index >= 15 is 0 Å². The Labute approximate surface area is 141 Å². The maximum atomic E-state index is 14.2. The van der Waals surface area contributed by atoms with Crippen molar-refractivity contribution in [3.63, 3.8) is 0 Å². The minimum Gasteiger partial charge on any atom is -0.491 e. The van der Waals surface area contributed by atoms with Crippen LogP contribution in [0.1, 0.15) is 29.7 Å². The predicted octanol–water partition coefficient (Wildman–Crippen LogP) is 4.30. The van der Waals surface area contributed by atoms with Crippen LogP contribution in [0.3, 0.4) is 0 Å². The number of benzene rings is 2. The van der Waals surface area contributed by atoms with E-state index in [1.165, 1.54) is 10.9 Å². The highest BCUT2D eigenvalue weighted by Crippen LogP contribution is 2.30. The third-order valence-electron chi connectivity index (χ3n) is 4.49. The summed E-state index contributed by atoms with van der Waals surface area (Å²) in [6, 6.07) is 13.4. The number of aryl methyl sites for hydroxylation is 1. The van der Waals surface area contributed by atoms with Gasteiger partial charge in [0.25, 0.3) is 0 Å². The minimum absolute atomic E-state index is 0.0630. The van der Waals surface area contributed by atoms with Gasteiger partial charge in [-0.15, -0.1) is 0 Å². The summed E-state index contributed by atoms with van der Waals surface area (Å²) in [5, 5.41) is 1.21. The van der Waals surface area contributed by atoms with Gasteiger partial charge in [0, 0.05) is 22.5 Å². The van der Waals surface area contributed by atoms with Gasteiger partial charge in [-0.3, -0.25) is 0 Å². The van der Waals surface area contributed by atoms with Gasteiger partial charge in [-0.25, -0.2) is 4.39 Å². The zero-order valence-electron chi connectivity index (χ0n) is 14.1. The molecule has 0 radical (unpaired) electrons. The number of ether oxygens (including phenoxy) is 1. The Hall–Kier alpha value is -2.33. The number of fused-ring (bicyclic) bond motifs is 1. The molecule has 24 heavy (non-hydrogen) atoms. The lowest BCUT2D eigenvalue weighted by Crippen LogP contribution is -2.15. The molecule has 1 heterocycles. The van der Waals surface area contributed by atoms with Crippen molar-refractivity contribution in [2.45, 2.75) is 26.2 Å². The van der Waals surface area contributed by atoms with Crippen LogP contribution in [-0.2, 0) is 6.42 Å². The molecule has 0 spiro atoms. The van der Waals surface area contributed by atoms with Gasteiger partial charge in [-0.2, -0.15) is 0 Å². The molecule has 1 atom stereocenters. The first kappa shape index (κ1) is 16.5. The molecule has 0 aliphatic carbocycles. The van der Waals surface area contributed by atoms with Crippen LogP contribution in [-0.4, -0.2) is 18.1 Å². The summed E-state index contributed by atoms with van der Waals surface area (Å²) in [5.41, 5.74) is 10.4. The lowest BCUT2D eigenvalue weighted by molar-refractivity contribution is 0.321. The monoisotopic (exact) mass is 326 g/mol. The summed E-state index contributed by atoms with van der Waals surface area (Å²) in [6.07, 6.45) is 0.778. The first-order valence-corrected chi connectivity index (χ1v) is 8.32. The Bertz CT molecular complexity index is 841. The van der Waals surface area contributed by atoms with E-state index in [9.17, 15) is 4.39 Å². The number of aromatic nitrogens is 1. The fraction of sp³-hybridized carbons (Fsp3) is 0.300. The molecule has 0 fully saturated rings. The van der Waals surface area contributed by atoms with Crippen LogP contribution in [0.2, 0.25) is 0 Å². The van der Waals surface area contributed by atoms with E-state index in [1.54, 1.807) is 12.1 Å². The van der Waals surface area contributed by atoms with Crippen molar-refractivity contribution >= 4 is 10.9 Å². The Morgan fingerprint density at radius 2 is 2.00 bits per heavy atom. The number of rotatable bonds is 6. The Kier molecular flexibility index (Phi) is 4.86. The van der Waals surface area contributed by atoms with Crippen molar-refractivity contribution in [2.24, 2.45) is 5.73 Å². The van der Waals surface area contributed by atoms with Crippen LogP contribution in [0, 0.1) is 12.7 Å². The van der Waals surface area contributed by atoms with E-state index in [-0.39, 0.29) is 11.7 Å². The largest absolute Gasteiger partial charge is 0.491 e. The fourth-order valence-electron chi connectivity index (χ4n) is 3.23. The number of hydrogen-bond acceptors (Lipinski definition) is 2. The SMILES string of the molecule is CCOc1ccc(C(CN)Cc2c(C)[nH]c3ccccc23)cc1F. The molecule has 1 aromatic heterocycles. The lowest BCUT2D eigenvalue weighted by atomic mass is 9.90. The molecule has 0 aliphatic rings. The second-order valence-electron chi connectivity index (χ2n) is 6.03. The molecule has 3 N–H and O–H groups in total. The van der Waals surface area contributed by atoms with Gasteiger partial charge in [0.1, 0.15) is 0 Å².